The fraction of sp³-hybridized carbons (Fsp3) is 1.00. The third kappa shape index (κ3) is 19.0. The van der Waals surface area contributed by atoms with Gasteiger partial charge in [0.05, 0.1) is 0 Å². The Morgan fingerprint density at radius 2 is 0.449 bits per heavy atom. The van der Waals surface area contributed by atoms with Gasteiger partial charge in [0.25, 0.3) is 0 Å². The summed E-state index contributed by atoms with van der Waals surface area (Å²) in [6.45, 7) is 7.83. The molecule has 0 saturated carbocycles. The summed E-state index contributed by atoms with van der Waals surface area (Å²) in [5.41, 5.74) is 0. The van der Waals surface area contributed by atoms with Crippen LogP contribution in [-0.2, 0) is 138 Å². The first kappa shape index (κ1) is 70.1. The fourth-order valence-corrected chi connectivity index (χ4v) is 339. The van der Waals surface area contributed by atoms with Crippen molar-refractivity contribution in [1.29, 1.82) is 0 Å². The van der Waals surface area contributed by atoms with Gasteiger partial charge in [-0.1, -0.05) is 0 Å². The summed E-state index contributed by atoms with van der Waals surface area (Å²) in [4.78, 5) is 0. The molecule has 0 aliphatic rings. The lowest BCUT2D eigenvalue weighted by atomic mass is 11.8. The summed E-state index contributed by atoms with van der Waals surface area (Å²) in [5, 5.41) is 0. The number of hydrogen-bond donors (Lipinski definition) is 0. The van der Waals surface area contributed by atoms with Crippen molar-refractivity contribution >= 4 is 235 Å². The second-order valence-corrected chi connectivity index (χ2v) is 159. The van der Waals surface area contributed by atoms with Gasteiger partial charge in [0.1, 0.15) is 0 Å². The van der Waals surface area contributed by atoms with E-state index in [-0.39, 0.29) is 0 Å². The van der Waals surface area contributed by atoms with Crippen LogP contribution in [-0.4, -0.2) is 256 Å². The zero-order valence-corrected chi connectivity index (χ0v) is 66.3. The maximum atomic E-state index is 13.0. The molecular weight excluding hydrogens is 1430 g/mol. The number of hydrogen-bond acceptors (Lipinski definition) is 31. The van der Waals surface area contributed by atoms with Gasteiger partial charge >= 0.3 is 210 Å². The first-order chi connectivity index (χ1) is 31.3. The van der Waals surface area contributed by atoms with Crippen molar-refractivity contribution in [2.24, 2.45) is 0 Å². The molecule has 0 aromatic carbocycles. The molecule has 0 radical (unpaired) electrons. The Labute approximate surface area is 422 Å². The topological polar surface area (TPSA) is 490 Å². The van der Waals surface area contributed by atoms with Crippen molar-refractivity contribution in [1.82, 2.24) is 0 Å². The lowest BCUT2D eigenvalue weighted by molar-refractivity contribution is 0.0534. The lowest BCUT2D eigenvalue weighted by Gasteiger charge is -2.28. The van der Waals surface area contributed by atoms with Crippen LogP contribution in [0.2, 0.25) is 32.7 Å². The van der Waals surface area contributed by atoms with E-state index in [0.29, 0.717) is 0 Å². The summed E-state index contributed by atoms with van der Waals surface area (Å²) in [7, 11) is -122. The van der Waals surface area contributed by atoms with Crippen molar-refractivity contribution < 1.29 is 138 Å². The Kier molecular flexibility index (Phi) is 30.6. The monoisotopic (exact) mass is 1460 g/mol. The standard InChI is InChI=1S/C8H26O31Si30/c1-35-69(36-2,37-3)38-40-41(9)42(10)43(11)44(12)45(13)46(14)47(15)48(16)49(17)50(18)51(19)52(20)53(21)54(22)55(23)56(24)57(25)58(26)59(27)60(28)61(29)62(30)63(31)64(32)65(33)66(34)68(7,8)39-67(4,5)6/h40H2,1-8H3. The Morgan fingerprint density at radius 1 is 0.275 bits per heavy atom. The second kappa shape index (κ2) is 30.2. The number of rotatable bonds is 34. The molecule has 0 heterocycles. The van der Waals surface area contributed by atoms with Gasteiger partial charge in [-0.05, 0) is 32.7 Å². The average molecular weight is 1460 g/mol. The minimum atomic E-state index is -4.65. The molecule has 364 valence electrons. The van der Waals surface area contributed by atoms with Crippen LogP contribution in [0.3, 0.4) is 0 Å². The molecule has 0 fully saturated rings. The zero-order valence-electron chi connectivity index (χ0n) is 35.9. The van der Waals surface area contributed by atoms with Crippen LogP contribution in [0.1, 0.15) is 0 Å². The largest absolute Gasteiger partial charge is 0.667 e. The highest BCUT2D eigenvalue weighted by Crippen LogP contribution is 2.14. The summed E-state index contributed by atoms with van der Waals surface area (Å²) >= 11 is 0. The highest BCUT2D eigenvalue weighted by molar-refractivity contribution is 7.84. The molecular formula is C8H26O31Si30. The van der Waals surface area contributed by atoms with Crippen LogP contribution >= 0.6 is 0 Å². The van der Waals surface area contributed by atoms with Gasteiger partial charge in [0.15, 0.2) is 8.32 Å². The van der Waals surface area contributed by atoms with Crippen LogP contribution in [0, 0.1) is 0 Å². The minimum absolute atomic E-state index is 1.08. The molecule has 69 heavy (non-hydrogen) atoms. The third-order valence-electron chi connectivity index (χ3n) is 7.44. The van der Waals surface area contributed by atoms with E-state index in [1.54, 1.807) is 19.6 Å². The molecule has 0 saturated heterocycles. The molecule has 0 spiro atoms. The maximum absolute atomic E-state index is 13.0. The van der Waals surface area contributed by atoms with E-state index in [0.717, 1.165) is 21.3 Å². The third-order valence-corrected chi connectivity index (χ3v) is 232. The predicted octanol–water partition coefficient (Wildman–Crippen LogP) is -12.0. The second-order valence-electron chi connectivity index (χ2n) is 13.8. The quantitative estimate of drug-likeness (QED) is 0.0540. The summed E-state index contributed by atoms with van der Waals surface area (Å²) < 4.78 is 357. The van der Waals surface area contributed by atoms with Gasteiger partial charge in [-0.15, -0.1) is 0 Å². The van der Waals surface area contributed by atoms with E-state index in [1.807, 2.05) is 0 Å². The molecule has 0 aromatic heterocycles. The average Bonchev–Trinajstić information content (AvgIpc) is 3.32. The molecule has 0 rings (SSSR count). The van der Waals surface area contributed by atoms with Crippen LogP contribution in [0.4, 0.5) is 0 Å². The van der Waals surface area contributed by atoms with E-state index in [9.17, 15) is 116 Å². The smallest absolute Gasteiger partial charge is 0.453 e. The van der Waals surface area contributed by atoms with E-state index in [4.69, 9.17) is 21.5 Å². The summed E-state index contributed by atoms with van der Waals surface area (Å²) in [5.74, 6) is 0. The molecule has 31 nitrogen and oxygen atoms in total. The van der Waals surface area contributed by atoms with Crippen molar-refractivity contribution in [3.8, 4) is 0 Å². The van der Waals surface area contributed by atoms with Crippen molar-refractivity contribution in [2.45, 2.75) is 32.7 Å². The molecule has 0 unspecified atom stereocenters. The van der Waals surface area contributed by atoms with Gasteiger partial charge < -0.3 is 138 Å². The first-order valence-corrected chi connectivity index (χ1v) is 90.9. The van der Waals surface area contributed by atoms with E-state index in [1.165, 1.54) is 13.1 Å². The lowest BCUT2D eigenvalue weighted by Crippen LogP contribution is -2.59. The van der Waals surface area contributed by atoms with Gasteiger partial charge in [-0.2, -0.15) is 0 Å². The molecule has 0 N–H and O–H groups in total. The van der Waals surface area contributed by atoms with E-state index in [2.05, 4.69) is 0 Å². The Hall–Kier alpha value is 1.11. The van der Waals surface area contributed by atoms with Crippen molar-refractivity contribution in [3.05, 3.63) is 0 Å². The Bertz CT molecular complexity index is 2660. The van der Waals surface area contributed by atoms with Crippen molar-refractivity contribution in [3.63, 3.8) is 0 Å². The van der Waals surface area contributed by atoms with E-state index >= 15 is 0 Å². The maximum Gasteiger partial charge on any atom is 0.667 e. The highest BCUT2D eigenvalue weighted by atomic mass is 30.1. The molecule has 0 amide bonds. The molecule has 0 aromatic rings. The fourth-order valence-electron chi connectivity index (χ4n) is 4.23. The van der Waals surface area contributed by atoms with Gasteiger partial charge in [0, 0.05) is 21.3 Å². The van der Waals surface area contributed by atoms with Crippen molar-refractivity contribution in [2.75, 3.05) is 21.3 Å². The van der Waals surface area contributed by atoms with Crippen LogP contribution < -0.4 is 0 Å². The molecule has 0 bridgehead atoms. The van der Waals surface area contributed by atoms with Crippen LogP contribution in [0.25, 0.3) is 0 Å². The van der Waals surface area contributed by atoms with Crippen LogP contribution in [0.5, 0.6) is 0 Å². The zero-order chi connectivity index (χ0) is 54.8. The summed E-state index contributed by atoms with van der Waals surface area (Å²) in [6, 6.07) is 0. The SMILES string of the molecule is CO[Si](OC)(OC)O[SiH2][Si](=O)[Si](=O)[Si](=O)[Si](=O)[Si](=O)[Si](=O)[Si](=O)[Si](=O)[Si](=O)[Si](=O)[Si](=O)[Si](=O)[Si](=O)[Si](=O)[Si](=O)[Si](=O)[Si](=O)[Si](=O)[Si](=O)[Si](=O)[Si](=O)[Si](=O)[Si](=O)[Si](=O)[Si](=O)[Si](=O)[Si](C)(C)O[Si](C)(C)C. The van der Waals surface area contributed by atoms with Gasteiger partial charge in [-0.3, -0.25) is 0 Å². The van der Waals surface area contributed by atoms with Gasteiger partial charge in [0.2, 0.25) is 17.1 Å². The predicted molar refractivity (Wildman–Crippen MR) is 246 cm³/mol. The molecule has 0 aliphatic carbocycles. The molecule has 0 atom stereocenters. The first-order valence-electron chi connectivity index (χ1n) is 17.4. The Balaban J connectivity index is 5.87. The van der Waals surface area contributed by atoms with Crippen LogP contribution in [0.15, 0.2) is 0 Å². The van der Waals surface area contributed by atoms with E-state index < -0.39 is 235 Å². The normalized spacial score (nSPS) is 11.2. The highest BCUT2D eigenvalue weighted by Gasteiger charge is 2.58. The molecule has 0 aliphatic heterocycles. The van der Waals surface area contributed by atoms with Gasteiger partial charge in [-0.25, -0.2) is 0 Å². The minimum Gasteiger partial charge on any atom is -0.453 e. The summed E-state index contributed by atoms with van der Waals surface area (Å²) in [6.07, 6.45) is 0. The Morgan fingerprint density at radius 3 is 0.623 bits per heavy atom. The molecule has 61 heteroatoms.